The molecule has 84 valence electrons. The second-order valence-electron chi connectivity index (χ2n) is 3.57. The molecule has 0 unspecified atom stereocenters. The first-order valence-corrected chi connectivity index (χ1v) is 5.00. The molecule has 0 spiro atoms. The highest BCUT2D eigenvalue weighted by atomic mass is 19.1. The van der Waals surface area contributed by atoms with Gasteiger partial charge in [0.1, 0.15) is 11.5 Å². The molecule has 0 aliphatic carbocycles. The number of pyridine rings is 1. The third-order valence-corrected chi connectivity index (χ3v) is 2.47. The zero-order chi connectivity index (χ0) is 11.8. The highest BCUT2D eigenvalue weighted by Crippen LogP contribution is 2.18. The molecule has 0 aliphatic heterocycles. The average molecular weight is 231 g/mol. The van der Waals surface area contributed by atoms with Gasteiger partial charge in [-0.05, 0) is 24.3 Å². The lowest BCUT2D eigenvalue weighted by Crippen LogP contribution is -2.00. The number of aromatic nitrogens is 3. The summed E-state index contributed by atoms with van der Waals surface area (Å²) in [6.45, 7) is 0. The van der Waals surface area contributed by atoms with E-state index in [0.29, 0.717) is 5.65 Å². The summed E-state index contributed by atoms with van der Waals surface area (Å²) in [6, 6.07) is 6.95. The van der Waals surface area contributed by atoms with Gasteiger partial charge < -0.3 is 0 Å². The molecule has 0 bridgehead atoms. The summed E-state index contributed by atoms with van der Waals surface area (Å²) < 4.78 is 27.8. The average Bonchev–Trinajstić information content (AvgIpc) is 2.73. The maximum absolute atomic E-state index is 13.6. The van der Waals surface area contributed by atoms with Crippen LogP contribution in [0.25, 0.3) is 16.7 Å². The third-order valence-electron chi connectivity index (χ3n) is 2.47. The first-order chi connectivity index (χ1) is 8.25. The lowest BCUT2D eigenvalue weighted by molar-refractivity contribution is 0.574. The summed E-state index contributed by atoms with van der Waals surface area (Å²) in [7, 11) is 0. The van der Waals surface area contributed by atoms with Crippen LogP contribution in [0.2, 0.25) is 0 Å². The van der Waals surface area contributed by atoms with Crippen molar-refractivity contribution >= 4 is 11.0 Å². The van der Waals surface area contributed by atoms with E-state index in [4.69, 9.17) is 0 Å². The zero-order valence-electron chi connectivity index (χ0n) is 8.64. The first kappa shape index (κ1) is 9.89. The van der Waals surface area contributed by atoms with Crippen LogP contribution in [0.3, 0.4) is 0 Å². The molecule has 1 aromatic carbocycles. The van der Waals surface area contributed by atoms with E-state index in [1.54, 1.807) is 18.5 Å². The Morgan fingerprint density at radius 2 is 2.00 bits per heavy atom. The van der Waals surface area contributed by atoms with E-state index in [1.807, 2.05) is 6.07 Å². The number of hydrogen-bond donors (Lipinski definition) is 0. The molecule has 3 rings (SSSR count). The normalized spacial score (nSPS) is 10.9. The number of halogens is 2. The van der Waals surface area contributed by atoms with Crippen molar-refractivity contribution in [2.75, 3.05) is 0 Å². The molecule has 3 aromatic rings. The third kappa shape index (κ3) is 1.56. The molecule has 2 heterocycles. The van der Waals surface area contributed by atoms with Crippen molar-refractivity contribution in [2.45, 2.75) is 0 Å². The molecule has 3 nitrogen and oxygen atoms in total. The Kier molecular flexibility index (Phi) is 2.11. The van der Waals surface area contributed by atoms with Crippen LogP contribution in [0.1, 0.15) is 0 Å². The Hall–Kier alpha value is -2.30. The molecule has 5 heteroatoms. The quantitative estimate of drug-likeness (QED) is 0.644. The van der Waals surface area contributed by atoms with Crippen LogP contribution in [0, 0.1) is 11.6 Å². The molecule has 0 radical (unpaired) electrons. The van der Waals surface area contributed by atoms with E-state index >= 15 is 0 Å². The highest BCUT2D eigenvalue weighted by Gasteiger charge is 2.10. The van der Waals surface area contributed by atoms with E-state index in [9.17, 15) is 8.78 Å². The molecule has 0 aliphatic rings. The van der Waals surface area contributed by atoms with Crippen LogP contribution in [-0.2, 0) is 0 Å². The van der Waals surface area contributed by atoms with E-state index in [2.05, 4.69) is 10.1 Å². The molecule has 0 fully saturated rings. The van der Waals surface area contributed by atoms with Gasteiger partial charge in [0.05, 0.1) is 6.20 Å². The number of hydrogen-bond acceptors (Lipinski definition) is 2. The molecule has 0 amide bonds. The first-order valence-electron chi connectivity index (χ1n) is 5.00. The van der Waals surface area contributed by atoms with E-state index in [1.165, 1.54) is 16.8 Å². The second-order valence-corrected chi connectivity index (χ2v) is 3.57. The van der Waals surface area contributed by atoms with Crippen LogP contribution in [0.15, 0.2) is 42.7 Å². The number of rotatable bonds is 1. The van der Waals surface area contributed by atoms with Crippen LogP contribution < -0.4 is 0 Å². The molecule has 0 saturated carbocycles. The maximum Gasteiger partial charge on any atom is 0.162 e. The van der Waals surface area contributed by atoms with E-state index in [-0.39, 0.29) is 5.69 Å². The Balaban J connectivity index is 2.27. The van der Waals surface area contributed by atoms with Gasteiger partial charge in [-0.15, -0.1) is 0 Å². The van der Waals surface area contributed by atoms with Crippen LogP contribution in [0.5, 0.6) is 0 Å². The molecule has 17 heavy (non-hydrogen) atoms. The fraction of sp³-hybridized carbons (Fsp3) is 0. The highest BCUT2D eigenvalue weighted by molar-refractivity contribution is 5.75. The van der Waals surface area contributed by atoms with Gasteiger partial charge in [0.2, 0.25) is 0 Å². The number of benzene rings is 1. The summed E-state index contributed by atoms with van der Waals surface area (Å²) in [5, 5.41) is 4.85. The van der Waals surface area contributed by atoms with Gasteiger partial charge >= 0.3 is 0 Å². The smallest absolute Gasteiger partial charge is 0.162 e. The lowest BCUT2D eigenvalue weighted by atomic mass is 10.3. The minimum absolute atomic E-state index is 0.181. The summed E-state index contributed by atoms with van der Waals surface area (Å²) >= 11 is 0. The molecule has 0 atom stereocenters. The second kappa shape index (κ2) is 3.62. The zero-order valence-corrected chi connectivity index (χ0v) is 8.64. The number of fused-ring (bicyclic) bond motifs is 1. The van der Waals surface area contributed by atoms with Gasteiger partial charge in [0, 0.05) is 17.6 Å². The van der Waals surface area contributed by atoms with E-state index in [0.717, 1.165) is 11.5 Å². The molecular weight excluding hydrogens is 224 g/mol. The molecule has 0 saturated heterocycles. The SMILES string of the molecule is Fc1ccc(-n2ncc3cccnc32)c(F)c1. The maximum atomic E-state index is 13.6. The van der Waals surface area contributed by atoms with Gasteiger partial charge in [0.25, 0.3) is 0 Å². The van der Waals surface area contributed by atoms with Crippen LogP contribution in [-0.4, -0.2) is 14.8 Å². The minimum Gasteiger partial charge on any atom is -0.237 e. The van der Waals surface area contributed by atoms with Crippen LogP contribution >= 0.6 is 0 Å². The Bertz CT molecular complexity index is 691. The van der Waals surface area contributed by atoms with Crippen molar-refractivity contribution in [1.82, 2.24) is 14.8 Å². The summed E-state index contributed by atoms with van der Waals surface area (Å²) in [5.41, 5.74) is 0.720. The molecule has 0 N–H and O–H groups in total. The van der Waals surface area contributed by atoms with Crippen molar-refractivity contribution < 1.29 is 8.78 Å². The van der Waals surface area contributed by atoms with E-state index < -0.39 is 11.6 Å². The molecule has 2 aromatic heterocycles. The van der Waals surface area contributed by atoms with Gasteiger partial charge in [-0.2, -0.15) is 5.10 Å². The minimum atomic E-state index is -0.666. The lowest BCUT2D eigenvalue weighted by Gasteiger charge is -2.03. The van der Waals surface area contributed by atoms with Gasteiger partial charge in [-0.1, -0.05) is 0 Å². The number of nitrogens with zero attached hydrogens (tertiary/aromatic N) is 3. The van der Waals surface area contributed by atoms with Crippen molar-refractivity contribution in [3.05, 3.63) is 54.4 Å². The molecular formula is C12H7F2N3. The van der Waals surface area contributed by atoms with Gasteiger partial charge in [-0.25, -0.2) is 18.4 Å². The summed E-state index contributed by atoms with van der Waals surface area (Å²) in [5.74, 6) is -1.28. The Morgan fingerprint density at radius 3 is 2.82 bits per heavy atom. The Labute approximate surface area is 95.3 Å². The van der Waals surface area contributed by atoms with Crippen molar-refractivity contribution in [3.63, 3.8) is 0 Å². The van der Waals surface area contributed by atoms with Crippen LogP contribution in [0.4, 0.5) is 8.78 Å². The standard InChI is InChI=1S/C12H7F2N3/c13-9-3-4-11(10(14)6-9)17-12-8(7-16-17)2-1-5-15-12/h1-7H. The van der Waals surface area contributed by atoms with Crippen molar-refractivity contribution in [3.8, 4) is 5.69 Å². The predicted octanol–water partition coefficient (Wildman–Crippen LogP) is 2.70. The predicted molar refractivity (Wildman–Crippen MR) is 58.8 cm³/mol. The topological polar surface area (TPSA) is 30.7 Å². The van der Waals surface area contributed by atoms with Crippen molar-refractivity contribution in [2.24, 2.45) is 0 Å². The summed E-state index contributed by atoms with van der Waals surface area (Å²) in [4.78, 5) is 4.12. The summed E-state index contributed by atoms with van der Waals surface area (Å²) in [6.07, 6.45) is 3.19. The Morgan fingerprint density at radius 1 is 1.12 bits per heavy atom. The van der Waals surface area contributed by atoms with Gasteiger partial charge in [0.15, 0.2) is 11.5 Å². The van der Waals surface area contributed by atoms with Gasteiger partial charge in [-0.3, -0.25) is 0 Å². The largest absolute Gasteiger partial charge is 0.237 e. The fourth-order valence-corrected chi connectivity index (χ4v) is 1.69. The fourth-order valence-electron chi connectivity index (χ4n) is 1.69. The monoisotopic (exact) mass is 231 g/mol. The van der Waals surface area contributed by atoms with Crippen molar-refractivity contribution in [1.29, 1.82) is 0 Å².